The lowest BCUT2D eigenvalue weighted by Crippen LogP contribution is -2.53. The molecule has 156 valence electrons. The molecule has 0 aliphatic carbocycles. The van der Waals surface area contributed by atoms with Crippen molar-refractivity contribution in [3.05, 3.63) is 106 Å². The smallest absolute Gasteiger partial charge is 0.258 e. The Balaban J connectivity index is 1.83. The number of carbonyl (C=O) groups excluding carboxylic acids is 2. The number of rotatable bonds is 2. The number of H-pyrrole nitrogens is 2. The normalized spacial score (nSPS) is 18.2. The van der Waals surface area contributed by atoms with Crippen LogP contribution >= 0.6 is 0 Å². The monoisotopic (exact) mass is 419 g/mol. The van der Waals surface area contributed by atoms with E-state index in [0.29, 0.717) is 11.1 Å². The highest BCUT2D eigenvalue weighted by molar-refractivity contribution is 6.18. The first-order valence-corrected chi connectivity index (χ1v) is 10.6. The summed E-state index contributed by atoms with van der Waals surface area (Å²) in [6.07, 6.45) is 3.82. The average Bonchev–Trinajstić information content (AvgIpc) is 3.40. The molecular weight excluding hydrogens is 398 g/mol. The Morgan fingerprint density at radius 2 is 1.53 bits per heavy atom. The molecule has 1 aliphatic rings. The maximum atomic E-state index is 14.0. The summed E-state index contributed by atoms with van der Waals surface area (Å²) < 4.78 is 0. The van der Waals surface area contributed by atoms with Gasteiger partial charge in [0.1, 0.15) is 5.41 Å². The Hall–Kier alpha value is -4.12. The van der Waals surface area contributed by atoms with E-state index in [0.717, 1.165) is 44.1 Å². The van der Waals surface area contributed by atoms with E-state index in [1.807, 2.05) is 74.8 Å². The van der Waals surface area contributed by atoms with E-state index in [1.54, 1.807) is 6.07 Å². The van der Waals surface area contributed by atoms with E-state index in [-0.39, 0.29) is 11.8 Å². The van der Waals surface area contributed by atoms with Crippen LogP contribution < -0.4 is 5.32 Å². The first kappa shape index (κ1) is 18.6. The molecule has 0 radical (unpaired) electrons. The number of hydrogen-bond acceptors (Lipinski definition) is 2. The number of carbonyl (C=O) groups is 2. The molecule has 0 bridgehead atoms. The van der Waals surface area contributed by atoms with Crippen LogP contribution in [0, 0.1) is 13.8 Å². The van der Waals surface area contributed by atoms with Crippen molar-refractivity contribution in [2.24, 2.45) is 0 Å². The Labute approximate surface area is 184 Å². The molecule has 3 aromatic carbocycles. The van der Waals surface area contributed by atoms with Crippen molar-refractivity contribution >= 4 is 33.6 Å². The van der Waals surface area contributed by atoms with Crippen molar-refractivity contribution in [3.8, 4) is 0 Å². The fraction of sp³-hybridized carbons (Fsp3) is 0.111. The van der Waals surface area contributed by atoms with Crippen LogP contribution in [0.15, 0.2) is 73.1 Å². The van der Waals surface area contributed by atoms with Gasteiger partial charge in [0.25, 0.3) is 5.91 Å². The van der Waals surface area contributed by atoms with Crippen molar-refractivity contribution < 1.29 is 9.59 Å². The minimum absolute atomic E-state index is 0.342. The molecule has 5 nitrogen and oxygen atoms in total. The van der Waals surface area contributed by atoms with Gasteiger partial charge in [-0.05, 0) is 43.2 Å². The van der Waals surface area contributed by atoms with Gasteiger partial charge < -0.3 is 9.97 Å². The van der Waals surface area contributed by atoms with Crippen molar-refractivity contribution in [2.75, 3.05) is 0 Å². The highest BCUT2D eigenvalue weighted by Crippen LogP contribution is 2.48. The van der Waals surface area contributed by atoms with E-state index in [2.05, 4.69) is 21.4 Å². The van der Waals surface area contributed by atoms with Gasteiger partial charge in [0.05, 0.1) is 0 Å². The summed E-state index contributed by atoms with van der Waals surface area (Å²) in [6.45, 7) is 4.08. The van der Waals surface area contributed by atoms with Crippen LogP contribution in [-0.4, -0.2) is 21.8 Å². The predicted molar refractivity (Wildman–Crippen MR) is 125 cm³/mol. The van der Waals surface area contributed by atoms with E-state index < -0.39 is 5.41 Å². The second-order valence-corrected chi connectivity index (χ2v) is 8.53. The van der Waals surface area contributed by atoms with Crippen LogP contribution in [0.4, 0.5) is 0 Å². The molecule has 0 saturated heterocycles. The zero-order valence-corrected chi connectivity index (χ0v) is 17.7. The van der Waals surface area contributed by atoms with Gasteiger partial charge in [0.15, 0.2) is 0 Å². The number of aromatic nitrogens is 2. The number of aryl methyl sites for hydroxylation is 2. The molecule has 0 saturated carbocycles. The molecule has 1 atom stereocenters. The zero-order chi connectivity index (χ0) is 22.0. The molecule has 2 amide bonds. The standard InChI is InChI=1S/C27H21N3O2/c1-15-10-11-23-19(12-15)22(13-28-23)27(21-14-29-24-16(2)6-5-8-17(21)24)20-9-4-3-7-18(20)25(31)30-26(27)32/h3-14,28-29H,1-2H3,(H,30,31,32). The fourth-order valence-corrected chi connectivity index (χ4v) is 5.24. The maximum Gasteiger partial charge on any atom is 0.258 e. The van der Waals surface area contributed by atoms with Crippen molar-refractivity contribution in [2.45, 2.75) is 19.3 Å². The second kappa shape index (κ2) is 6.44. The molecule has 6 rings (SSSR count). The maximum absolute atomic E-state index is 14.0. The van der Waals surface area contributed by atoms with Gasteiger partial charge in [0.2, 0.25) is 5.91 Å². The summed E-state index contributed by atoms with van der Waals surface area (Å²) in [7, 11) is 0. The van der Waals surface area contributed by atoms with Crippen LogP contribution in [0.3, 0.4) is 0 Å². The first-order valence-electron chi connectivity index (χ1n) is 10.6. The van der Waals surface area contributed by atoms with Gasteiger partial charge in [-0.2, -0.15) is 0 Å². The predicted octanol–water partition coefficient (Wildman–Crippen LogP) is 4.87. The molecule has 3 N–H and O–H groups in total. The van der Waals surface area contributed by atoms with Gasteiger partial charge in [0, 0.05) is 50.9 Å². The topological polar surface area (TPSA) is 77.8 Å². The molecular formula is C27H21N3O2. The lowest BCUT2D eigenvalue weighted by Gasteiger charge is -2.37. The zero-order valence-electron chi connectivity index (χ0n) is 17.7. The molecule has 1 aliphatic heterocycles. The average molecular weight is 419 g/mol. The van der Waals surface area contributed by atoms with Crippen LogP contribution in [0.5, 0.6) is 0 Å². The molecule has 5 aromatic rings. The Morgan fingerprint density at radius 1 is 0.750 bits per heavy atom. The lowest BCUT2D eigenvalue weighted by molar-refractivity contribution is -0.123. The molecule has 0 fully saturated rings. The number of amides is 2. The Morgan fingerprint density at radius 3 is 2.41 bits per heavy atom. The number of hydrogen-bond donors (Lipinski definition) is 3. The van der Waals surface area contributed by atoms with Gasteiger partial charge in [-0.1, -0.05) is 48.0 Å². The van der Waals surface area contributed by atoms with Crippen LogP contribution in [0.1, 0.15) is 38.2 Å². The number of imide groups is 1. The highest BCUT2D eigenvalue weighted by Gasteiger charge is 2.51. The minimum atomic E-state index is -1.19. The second-order valence-electron chi connectivity index (χ2n) is 8.53. The molecule has 32 heavy (non-hydrogen) atoms. The van der Waals surface area contributed by atoms with Crippen LogP contribution in [-0.2, 0) is 10.2 Å². The van der Waals surface area contributed by atoms with Crippen molar-refractivity contribution in [1.82, 2.24) is 15.3 Å². The Kier molecular flexibility index (Phi) is 3.75. The van der Waals surface area contributed by atoms with Gasteiger partial charge >= 0.3 is 0 Å². The summed E-state index contributed by atoms with van der Waals surface area (Å²) in [4.78, 5) is 33.5. The summed E-state index contributed by atoms with van der Waals surface area (Å²) in [5.74, 6) is -0.709. The molecule has 5 heteroatoms. The fourth-order valence-electron chi connectivity index (χ4n) is 5.24. The van der Waals surface area contributed by atoms with E-state index >= 15 is 0 Å². The summed E-state index contributed by atoms with van der Waals surface area (Å²) in [5, 5.41) is 4.58. The summed E-state index contributed by atoms with van der Waals surface area (Å²) >= 11 is 0. The van der Waals surface area contributed by atoms with Crippen LogP contribution in [0.25, 0.3) is 21.8 Å². The highest BCUT2D eigenvalue weighted by atomic mass is 16.2. The van der Waals surface area contributed by atoms with Gasteiger partial charge in [-0.25, -0.2) is 0 Å². The largest absolute Gasteiger partial charge is 0.361 e. The Bertz CT molecular complexity index is 1560. The number of para-hydroxylation sites is 1. The molecule has 2 aromatic heterocycles. The van der Waals surface area contributed by atoms with Gasteiger partial charge in [-0.3, -0.25) is 14.9 Å². The van der Waals surface area contributed by atoms with Crippen LogP contribution in [0.2, 0.25) is 0 Å². The third kappa shape index (κ3) is 2.28. The molecule has 1 unspecified atom stereocenters. The molecule has 3 heterocycles. The third-order valence-corrected chi connectivity index (χ3v) is 6.71. The minimum Gasteiger partial charge on any atom is -0.361 e. The summed E-state index contributed by atoms with van der Waals surface area (Å²) in [5.41, 5.74) is 5.80. The first-order chi connectivity index (χ1) is 15.5. The SMILES string of the molecule is Cc1ccc2[nH]cc(C3(c4c[nH]c5c(C)cccc45)C(=O)NC(=O)c4ccccc43)c2c1. The third-order valence-electron chi connectivity index (χ3n) is 6.71. The van der Waals surface area contributed by atoms with Gasteiger partial charge in [-0.15, -0.1) is 0 Å². The lowest BCUT2D eigenvalue weighted by atomic mass is 9.65. The van der Waals surface area contributed by atoms with E-state index in [1.165, 1.54) is 0 Å². The van der Waals surface area contributed by atoms with Crippen molar-refractivity contribution in [1.29, 1.82) is 0 Å². The van der Waals surface area contributed by atoms with E-state index in [9.17, 15) is 9.59 Å². The molecule has 0 spiro atoms. The number of nitrogens with one attached hydrogen (secondary N) is 3. The summed E-state index contributed by atoms with van der Waals surface area (Å²) in [6, 6.07) is 19.6. The number of aromatic amines is 2. The van der Waals surface area contributed by atoms with E-state index in [4.69, 9.17) is 0 Å². The van der Waals surface area contributed by atoms with Crippen molar-refractivity contribution in [3.63, 3.8) is 0 Å². The number of benzene rings is 3. The quantitative estimate of drug-likeness (QED) is 0.357. The number of fused-ring (bicyclic) bond motifs is 3.